The van der Waals surface area contributed by atoms with Gasteiger partial charge in [0.05, 0.1) is 24.4 Å². The summed E-state index contributed by atoms with van der Waals surface area (Å²) in [5.41, 5.74) is 0.774. The van der Waals surface area contributed by atoms with Crippen molar-refractivity contribution in [3.05, 3.63) is 35.9 Å². The van der Waals surface area contributed by atoms with Crippen molar-refractivity contribution in [3.63, 3.8) is 0 Å². The number of hydrogen-bond acceptors (Lipinski definition) is 5. The van der Waals surface area contributed by atoms with Gasteiger partial charge in [0.2, 0.25) is 0 Å². The summed E-state index contributed by atoms with van der Waals surface area (Å²) in [6.45, 7) is 10.5. The second kappa shape index (κ2) is 11.5. The van der Waals surface area contributed by atoms with Crippen LogP contribution in [0.15, 0.2) is 30.3 Å². The number of unbranched alkanes of at least 4 members (excludes halogenated alkanes) is 3. The van der Waals surface area contributed by atoms with Crippen molar-refractivity contribution in [3.8, 4) is 0 Å². The summed E-state index contributed by atoms with van der Waals surface area (Å²) in [6.07, 6.45) is 6.75. The topological polar surface area (TPSA) is 40.2 Å². The van der Waals surface area contributed by atoms with Crippen molar-refractivity contribution < 1.29 is 18.7 Å². The van der Waals surface area contributed by atoms with Crippen LogP contribution in [0.1, 0.15) is 71.0 Å². The molecule has 1 aromatic carbocycles. The van der Waals surface area contributed by atoms with Crippen LogP contribution < -0.4 is 0 Å². The lowest BCUT2D eigenvalue weighted by Crippen LogP contribution is -2.60. The average molecular weight is 403 g/mol. The molecule has 1 aromatic rings. The summed E-state index contributed by atoms with van der Waals surface area (Å²) >= 11 is 0. The van der Waals surface area contributed by atoms with E-state index in [9.17, 15) is 0 Å². The molecule has 2 bridgehead atoms. The lowest BCUT2D eigenvalue weighted by molar-refractivity contribution is -0.136. The highest BCUT2D eigenvalue weighted by Gasteiger charge is 2.46. The Labute approximate surface area is 177 Å². The molecule has 0 spiro atoms. The largest absolute Gasteiger partial charge is 0.640 e. The Hall–Kier alpha value is -0.915. The van der Waals surface area contributed by atoms with Crippen LogP contribution in [-0.2, 0) is 18.7 Å². The van der Waals surface area contributed by atoms with Gasteiger partial charge < -0.3 is 18.7 Å². The summed E-state index contributed by atoms with van der Waals surface area (Å²) in [5.74, 6) is 0. The van der Waals surface area contributed by atoms with Crippen LogP contribution in [-0.4, -0.2) is 56.8 Å². The van der Waals surface area contributed by atoms with Crippen LogP contribution in [0.3, 0.4) is 0 Å². The number of ether oxygens (including phenoxy) is 1. The summed E-state index contributed by atoms with van der Waals surface area (Å²) in [6, 6.07) is 10.4. The van der Waals surface area contributed by atoms with Gasteiger partial charge in [-0.05, 0) is 24.8 Å². The van der Waals surface area contributed by atoms with E-state index in [1.807, 2.05) is 6.07 Å². The van der Waals surface area contributed by atoms with Gasteiger partial charge in [-0.2, -0.15) is 0 Å². The zero-order valence-electron chi connectivity index (χ0n) is 18.5. The number of fused-ring (bicyclic) bond motifs is 6. The molecule has 0 N–H and O–H groups in total. The minimum absolute atomic E-state index is 0.0520. The maximum absolute atomic E-state index is 6.50. The standard InChI is InChI=1S/C23H38BNO4/c1-4-7-8-12-15-26-19-23(6-3)18-25-16-21(5-2)27-24(29-23)28-22(17-25)20-13-10-9-11-14-20/h9-11,13-14,21-22H,4-8,12,15-19H2,1-3H3. The highest BCUT2D eigenvalue weighted by molar-refractivity contribution is 6.36. The van der Waals surface area contributed by atoms with Gasteiger partial charge in [-0.1, -0.05) is 70.4 Å². The molecule has 4 unspecified atom stereocenters. The predicted molar refractivity (Wildman–Crippen MR) is 117 cm³/mol. The number of hydrogen-bond donors (Lipinski definition) is 0. The quantitative estimate of drug-likeness (QED) is 0.421. The first-order valence-corrected chi connectivity index (χ1v) is 11.5. The van der Waals surface area contributed by atoms with E-state index < -0.39 is 12.9 Å². The molecule has 5 nitrogen and oxygen atoms in total. The van der Waals surface area contributed by atoms with Crippen molar-refractivity contribution in [2.75, 3.05) is 32.8 Å². The Bertz CT molecular complexity index is 570. The third-order valence-corrected chi connectivity index (χ3v) is 6.10. The van der Waals surface area contributed by atoms with E-state index in [0.29, 0.717) is 6.61 Å². The highest BCUT2D eigenvalue weighted by atomic mass is 16.8. The van der Waals surface area contributed by atoms with E-state index in [-0.39, 0.29) is 12.2 Å². The van der Waals surface area contributed by atoms with E-state index in [4.69, 9.17) is 18.7 Å². The fourth-order valence-electron chi connectivity index (χ4n) is 4.18. The van der Waals surface area contributed by atoms with Gasteiger partial charge >= 0.3 is 7.32 Å². The first kappa shape index (κ1) is 22.8. The number of rotatable bonds is 10. The lowest BCUT2D eigenvalue weighted by atomic mass is 9.93. The maximum Gasteiger partial charge on any atom is 0.640 e. The Morgan fingerprint density at radius 3 is 2.62 bits per heavy atom. The Morgan fingerprint density at radius 2 is 1.90 bits per heavy atom. The minimum atomic E-state index is -0.656. The maximum atomic E-state index is 6.50. The van der Waals surface area contributed by atoms with Crippen molar-refractivity contribution in [1.82, 2.24) is 4.90 Å². The Morgan fingerprint density at radius 1 is 1.07 bits per heavy atom. The predicted octanol–water partition coefficient (Wildman–Crippen LogP) is 4.62. The van der Waals surface area contributed by atoms with Gasteiger partial charge in [-0.3, -0.25) is 4.90 Å². The van der Waals surface area contributed by atoms with Crippen molar-refractivity contribution in [2.45, 2.75) is 77.1 Å². The normalized spacial score (nSPS) is 30.0. The second-order valence-electron chi connectivity index (χ2n) is 8.45. The van der Waals surface area contributed by atoms with Crippen molar-refractivity contribution in [1.29, 1.82) is 0 Å². The SMILES string of the molecule is CCCCCCOCC1(CC)CN2CC(CC)OB(OC(c3ccccc3)C2)O1. The van der Waals surface area contributed by atoms with E-state index in [0.717, 1.165) is 45.5 Å². The van der Waals surface area contributed by atoms with Crippen LogP contribution in [0.2, 0.25) is 0 Å². The smallest absolute Gasteiger partial charge is 0.382 e. The molecule has 3 fully saturated rings. The summed E-state index contributed by atoms with van der Waals surface area (Å²) in [7, 11) is -0.656. The van der Waals surface area contributed by atoms with E-state index in [1.165, 1.54) is 24.8 Å². The minimum Gasteiger partial charge on any atom is -0.382 e. The van der Waals surface area contributed by atoms with Crippen LogP contribution in [0, 0.1) is 0 Å². The zero-order chi connectivity index (χ0) is 20.5. The molecule has 0 radical (unpaired) electrons. The molecule has 6 heteroatoms. The molecule has 3 heterocycles. The second-order valence-corrected chi connectivity index (χ2v) is 8.45. The molecule has 4 rings (SSSR count). The third kappa shape index (κ3) is 6.53. The molecule has 3 aliphatic heterocycles. The van der Waals surface area contributed by atoms with Gasteiger partial charge in [-0.25, -0.2) is 0 Å². The molecule has 0 saturated carbocycles. The summed E-state index contributed by atoms with van der Waals surface area (Å²) in [4.78, 5) is 2.45. The molecule has 3 saturated heterocycles. The third-order valence-electron chi connectivity index (χ3n) is 6.10. The molecular formula is C23H38BNO4. The van der Waals surface area contributed by atoms with E-state index >= 15 is 0 Å². The molecule has 0 aromatic heterocycles. The monoisotopic (exact) mass is 403 g/mol. The first-order valence-electron chi connectivity index (χ1n) is 11.5. The highest BCUT2D eigenvalue weighted by Crippen LogP contribution is 2.32. The fourth-order valence-corrected chi connectivity index (χ4v) is 4.18. The summed E-state index contributed by atoms with van der Waals surface area (Å²) < 4.78 is 25.2. The van der Waals surface area contributed by atoms with Crippen LogP contribution in [0.25, 0.3) is 0 Å². The molecule has 162 valence electrons. The van der Waals surface area contributed by atoms with Crippen LogP contribution in [0.4, 0.5) is 0 Å². The van der Waals surface area contributed by atoms with E-state index in [2.05, 4.69) is 49.9 Å². The average Bonchev–Trinajstić information content (AvgIpc) is 2.71. The van der Waals surface area contributed by atoms with Crippen LogP contribution in [0.5, 0.6) is 0 Å². The molecule has 3 aliphatic rings. The fraction of sp³-hybridized carbons (Fsp3) is 0.739. The zero-order valence-corrected chi connectivity index (χ0v) is 18.5. The van der Waals surface area contributed by atoms with Gasteiger partial charge in [-0.15, -0.1) is 0 Å². The molecule has 0 aliphatic carbocycles. The Kier molecular flexibility index (Phi) is 9.00. The Balaban J connectivity index is 1.68. The van der Waals surface area contributed by atoms with Gasteiger partial charge in [0.1, 0.15) is 0 Å². The van der Waals surface area contributed by atoms with E-state index in [1.54, 1.807) is 0 Å². The van der Waals surface area contributed by atoms with Gasteiger partial charge in [0.25, 0.3) is 0 Å². The molecular weight excluding hydrogens is 365 g/mol. The van der Waals surface area contributed by atoms with Crippen LogP contribution >= 0.6 is 0 Å². The van der Waals surface area contributed by atoms with Crippen molar-refractivity contribution >= 4 is 7.32 Å². The molecule has 0 amide bonds. The summed E-state index contributed by atoms with van der Waals surface area (Å²) in [5, 5.41) is 0. The van der Waals surface area contributed by atoms with Gasteiger partial charge in [0, 0.05) is 26.2 Å². The molecule has 29 heavy (non-hydrogen) atoms. The lowest BCUT2D eigenvalue weighted by Gasteiger charge is -2.46. The first-order chi connectivity index (χ1) is 14.2. The number of benzene rings is 1. The number of nitrogens with zero attached hydrogens (tertiary/aromatic N) is 1. The van der Waals surface area contributed by atoms with Gasteiger partial charge in [0.15, 0.2) is 0 Å². The van der Waals surface area contributed by atoms with Crippen molar-refractivity contribution in [2.24, 2.45) is 0 Å². The molecule has 4 atom stereocenters.